The van der Waals surface area contributed by atoms with Crippen LogP contribution in [0.25, 0.3) is 22.2 Å². The second kappa shape index (κ2) is 6.05. The fourth-order valence-corrected chi connectivity index (χ4v) is 2.99. The fraction of sp³-hybridized carbons (Fsp3) is 0. The first-order valence-corrected chi connectivity index (χ1v) is 7.84. The number of amides is 1. The van der Waals surface area contributed by atoms with Crippen molar-refractivity contribution >= 4 is 23.0 Å². The molecule has 0 atom stereocenters. The number of fused-ring (bicyclic) bond motifs is 1. The van der Waals surface area contributed by atoms with E-state index in [0.29, 0.717) is 0 Å². The molecule has 0 aliphatic heterocycles. The van der Waals surface area contributed by atoms with Crippen molar-refractivity contribution in [2.45, 2.75) is 0 Å². The Kier molecular flexibility index (Phi) is 3.60. The van der Waals surface area contributed by atoms with Gasteiger partial charge in [0.1, 0.15) is 0 Å². The summed E-state index contributed by atoms with van der Waals surface area (Å²) in [6.45, 7) is 0. The lowest BCUT2D eigenvalue weighted by molar-refractivity contribution is -0.107. The predicted molar refractivity (Wildman–Crippen MR) is 97.8 cm³/mol. The molecule has 0 unspecified atom stereocenters. The van der Waals surface area contributed by atoms with Gasteiger partial charge in [-0.15, -0.1) is 0 Å². The summed E-state index contributed by atoms with van der Waals surface area (Å²) in [7, 11) is 0. The van der Waals surface area contributed by atoms with Crippen molar-refractivity contribution in [1.29, 1.82) is 0 Å². The molecule has 24 heavy (non-hydrogen) atoms. The number of anilines is 1. The molecule has 1 aromatic heterocycles. The molecule has 0 spiro atoms. The summed E-state index contributed by atoms with van der Waals surface area (Å²) >= 11 is 0. The molecule has 0 aliphatic carbocycles. The van der Waals surface area contributed by atoms with E-state index in [9.17, 15) is 4.79 Å². The molecular formula is C21H16N2O. The quantitative estimate of drug-likeness (QED) is 0.500. The monoisotopic (exact) mass is 312 g/mol. The van der Waals surface area contributed by atoms with E-state index in [-0.39, 0.29) is 0 Å². The third-order valence-electron chi connectivity index (χ3n) is 4.09. The topological polar surface area (TPSA) is 25.2 Å². The Morgan fingerprint density at radius 3 is 2.08 bits per heavy atom. The van der Waals surface area contributed by atoms with Gasteiger partial charge in [0.15, 0.2) is 0 Å². The molecule has 0 fully saturated rings. The van der Waals surface area contributed by atoms with E-state index in [0.717, 1.165) is 34.3 Å². The Morgan fingerprint density at radius 2 is 1.38 bits per heavy atom. The smallest absolute Gasteiger partial charge is 0.233 e. The van der Waals surface area contributed by atoms with Crippen molar-refractivity contribution in [1.82, 2.24) is 4.68 Å². The molecule has 0 aliphatic rings. The third-order valence-corrected chi connectivity index (χ3v) is 4.09. The van der Waals surface area contributed by atoms with Gasteiger partial charge in [-0.3, -0.25) is 4.79 Å². The molecule has 0 saturated carbocycles. The van der Waals surface area contributed by atoms with E-state index in [4.69, 9.17) is 0 Å². The summed E-state index contributed by atoms with van der Waals surface area (Å²) in [6.07, 6.45) is 0.855. The van der Waals surface area contributed by atoms with Gasteiger partial charge >= 0.3 is 0 Å². The van der Waals surface area contributed by atoms with Crippen molar-refractivity contribution < 1.29 is 4.79 Å². The highest BCUT2D eigenvalue weighted by atomic mass is 16.1. The maximum absolute atomic E-state index is 11.9. The first-order valence-electron chi connectivity index (χ1n) is 7.84. The van der Waals surface area contributed by atoms with E-state index < -0.39 is 0 Å². The van der Waals surface area contributed by atoms with Crippen molar-refractivity contribution in [3.05, 3.63) is 91.0 Å². The molecule has 3 nitrogen and oxygen atoms in total. The van der Waals surface area contributed by atoms with Crippen LogP contribution >= 0.6 is 0 Å². The van der Waals surface area contributed by atoms with Gasteiger partial charge in [0.2, 0.25) is 6.41 Å². The van der Waals surface area contributed by atoms with Crippen LogP contribution in [-0.4, -0.2) is 11.1 Å². The molecular weight excluding hydrogens is 296 g/mol. The molecule has 0 saturated heterocycles. The van der Waals surface area contributed by atoms with Crippen LogP contribution in [0.2, 0.25) is 0 Å². The largest absolute Gasteiger partial charge is 0.276 e. The van der Waals surface area contributed by atoms with E-state index >= 15 is 0 Å². The average molecular weight is 312 g/mol. The van der Waals surface area contributed by atoms with E-state index in [1.807, 2.05) is 71.4 Å². The maximum Gasteiger partial charge on any atom is 0.233 e. The Balaban J connectivity index is 2.01. The molecule has 1 heterocycles. The Labute approximate surface area is 140 Å². The Morgan fingerprint density at radius 1 is 0.750 bits per heavy atom. The summed E-state index contributed by atoms with van der Waals surface area (Å²) in [5, 5.41) is 2.74. The minimum absolute atomic E-state index is 0.825. The zero-order valence-corrected chi connectivity index (χ0v) is 13.0. The number of benzene rings is 3. The first kappa shape index (κ1) is 14.3. The van der Waals surface area contributed by atoms with Gasteiger partial charge < -0.3 is 0 Å². The summed E-state index contributed by atoms with van der Waals surface area (Å²) in [5.41, 5.74) is 3.86. The van der Waals surface area contributed by atoms with E-state index in [2.05, 4.69) is 24.3 Å². The molecule has 4 aromatic rings. The van der Waals surface area contributed by atoms with Crippen LogP contribution in [0.15, 0.2) is 91.0 Å². The van der Waals surface area contributed by atoms with Gasteiger partial charge in [-0.1, -0.05) is 66.7 Å². The molecule has 4 rings (SSSR count). The number of carbonyl (C=O) groups is 1. The maximum atomic E-state index is 11.9. The number of rotatable bonds is 4. The van der Waals surface area contributed by atoms with Crippen LogP contribution < -0.4 is 5.01 Å². The molecule has 0 radical (unpaired) electrons. The normalized spacial score (nSPS) is 10.7. The number of hydrogen-bond donors (Lipinski definition) is 0. The van der Waals surface area contributed by atoms with Gasteiger partial charge in [0, 0.05) is 10.9 Å². The fourth-order valence-electron chi connectivity index (χ4n) is 2.99. The van der Waals surface area contributed by atoms with Crippen molar-refractivity contribution in [2.75, 3.05) is 5.01 Å². The van der Waals surface area contributed by atoms with Crippen LogP contribution in [0.1, 0.15) is 0 Å². The molecule has 116 valence electrons. The second-order valence-electron chi connectivity index (χ2n) is 5.55. The predicted octanol–water partition coefficient (Wildman–Crippen LogP) is 4.73. The van der Waals surface area contributed by atoms with Gasteiger partial charge in [-0.05, 0) is 24.3 Å². The van der Waals surface area contributed by atoms with Crippen molar-refractivity contribution in [2.24, 2.45) is 0 Å². The molecule has 3 aromatic carbocycles. The van der Waals surface area contributed by atoms with Gasteiger partial charge in [0.05, 0.1) is 16.9 Å². The van der Waals surface area contributed by atoms with E-state index in [1.54, 1.807) is 5.01 Å². The van der Waals surface area contributed by atoms with Gasteiger partial charge in [-0.25, -0.2) is 9.69 Å². The van der Waals surface area contributed by atoms with Gasteiger partial charge in [-0.2, -0.15) is 0 Å². The molecule has 1 amide bonds. The number of nitrogens with zero attached hydrogens (tertiary/aromatic N) is 2. The highest BCUT2D eigenvalue weighted by molar-refractivity contribution is 5.91. The summed E-state index contributed by atoms with van der Waals surface area (Å²) < 4.78 is 1.97. The zero-order valence-electron chi connectivity index (χ0n) is 13.0. The highest BCUT2D eigenvalue weighted by Gasteiger charge is 2.16. The summed E-state index contributed by atoms with van der Waals surface area (Å²) in [4.78, 5) is 11.9. The second-order valence-corrected chi connectivity index (χ2v) is 5.55. The van der Waals surface area contributed by atoms with Gasteiger partial charge in [0.25, 0.3) is 0 Å². The minimum Gasteiger partial charge on any atom is -0.276 e. The first-order chi connectivity index (χ1) is 11.9. The molecule has 0 N–H and O–H groups in total. The van der Waals surface area contributed by atoms with Crippen LogP contribution in [0, 0.1) is 0 Å². The van der Waals surface area contributed by atoms with Crippen LogP contribution in [0.5, 0.6) is 0 Å². The third kappa shape index (κ3) is 2.36. The SMILES string of the molecule is O=CN(c1ccccc1)n1c(-c2ccccc2)cc2ccccc21. The summed E-state index contributed by atoms with van der Waals surface area (Å²) in [5.74, 6) is 0. The number of aromatic nitrogens is 1. The lowest BCUT2D eigenvalue weighted by atomic mass is 10.1. The van der Waals surface area contributed by atoms with Crippen molar-refractivity contribution in [3.8, 4) is 11.3 Å². The van der Waals surface area contributed by atoms with E-state index in [1.165, 1.54) is 0 Å². The number of para-hydroxylation sites is 2. The Bertz CT molecular complexity index is 975. The average Bonchev–Trinajstić information content (AvgIpc) is 3.04. The number of hydrogen-bond acceptors (Lipinski definition) is 1. The lowest BCUT2D eigenvalue weighted by Crippen LogP contribution is -2.28. The Hall–Kier alpha value is -3.33. The number of carbonyl (C=O) groups excluding carboxylic acids is 1. The molecule has 3 heteroatoms. The van der Waals surface area contributed by atoms with Crippen molar-refractivity contribution in [3.63, 3.8) is 0 Å². The van der Waals surface area contributed by atoms with Crippen LogP contribution in [-0.2, 0) is 4.79 Å². The van der Waals surface area contributed by atoms with Crippen LogP contribution in [0.3, 0.4) is 0 Å². The zero-order chi connectivity index (χ0) is 16.4. The minimum atomic E-state index is 0.825. The highest BCUT2D eigenvalue weighted by Crippen LogP contribution is 2.30. The standard InChI is InChI=1S/C21H16N2O/c24-16-22(19-12-5-2-6-13-19)23-20-14-8-7-11-18(20)15-21(23)17-9-3-1-4-10-17/h1-16H. The molecule has 0 bridgehead atoms. The lowest BCUT2D eigenvalue weighted by Gasteiger charge is -2.23. The van der Waals surface area contributed by atoms with Crippen LogP contribution in [0.4, 0.5) is 5.69 Å². The summed E-state index contributed by atoms with van der Waals surface area (Å²) in [6, 6.07) is 30.0.